The number of nitrogens with zero attached hydrogens (tertiary/aromatic N) is 1. The SMILES string of the molecule is CCC(C)(C)C1CCC(O)CC1N1CCOC1=O. The predicted molar refractivity (Wildman–Crippen MR) is 69.3 cm³/mol. The maximum atomic E-state index is 11.8. The molecule has 0 aromatic rings. The molecule has 104 valence electrons. The van der Waals surface area contributed by atoms with Gasteiger partial charge in [0.25, 0.3) is 0 Å². The van der Waals surface area contributed by atoms with Crippen molar-refractivity contribution in [1.29, 1.82) is 0 Å². The van der Waals surface area contributed by atoms with Crippen molar-refractivity contribution in [2.24, 2.45) is 11.3 Å². The smallest absolute Gasteiger partial charge is 0.410 e. The van der Waals surface area contributed by atoms with E-state index < -0.39 is 0 Å². The summed E-state index contributed by atoms with van der Waals surface area (Å²) < 4.78 is 5.05. The first-order chi connectivity index (χ1) is 8.45. The van der Waals surface area contributed by atoms with Crippen LogP contribution in [0.1, 0.15) is 46.5 Å². The molecule has 1 aliphatic carbocycles. The third kappa shape index (κ3) is 2.48. The Balaban J connectivity index is 2.18. The number of aliphatic hydroxyl groups excluding tert-OH is 1. The van der Waals surface area contributed by atoms with E-state index in [2.05, 4.69) is 20.8 Å². The standard InChI is InChI=1S/C14H25NO3/c1-4-14(2,3)11-6-5-10(16)9-12(11)15-7-8-18-13(15)17/h10-12,16H,4-9H2,1-3H3. The van der Waals surface area contributed by atoms with Gasteiger partial charge in [0.05, 0.1) is 12.6 Å². The summed E-state index contributed by atoms with van der Waals surface area (Å²) in [5.41, 5.74) is 0.202. The number of carbonyl (C=O) groups excluding carboxylic acids is 1. The van der Waals surface area contributed by atoms with Crippen LogP contribution in [0.15, 0.2) is 0 Å². The summed E-state index contributed by atoms with van der Waals surface area (Å²) in [6.07, 6.45) is 3.17. The van der Waals surface area contributed by atoms with E-state index in [1.165, 1.54) is 0 Å². The number of hydrogen-bond donors (Lipinski definition) is 1. The van der Waals surface area contributed by atoms with Crippen LogP contribution in [0, 0.1) is 11.3 Å². The maximum Gasteiger partial charge on any atom is 0.410 e. The molecule has 4 nitrogen and oxygen atoms in total. The van der Waals surface area contributed by atoms with Crippen LogP contribution in [-0.2, 0) is 4.74 Å². The van der Waals surface area contributed by atoms with Gasteiger partial charge in [-0.05, 0) is 30.6 Å². The summed E-state index contributed by atoms with van der Waals surface area (Å²) in [6, 6.07) is 0.138. The van der Waals surface area contributed by atoms with Crippen LogP contribution in [0.4, 0.5) is 4.79 Å². The van der Waals surface area contributed by atoms with Gasteiger partial charge in [-0.2, -0.15) is 0 Å². The molecular weight excluding hydrogens is 230 g/mol. The van der Waals surface area contributed by atoms with Crippen LogP contribution in [0.2, 0.25) is 0 Å². The average Bonchev–Trinajstić information content (AvgIpc) is 2.75. The number of amides is 1. The van der Waals surface area contributed by atoms with Crippen LogP contribution in [0.3, 0.4) is 0 Å². The molecule has 1 aliphatic heterocycles. The van der Waals surface area contributed by atoms with Crippen LogP contribution < -0.4 is 0 Å². The van der Waals surface area contributed by atoms with Gasteiger partial charge in [0, 0.05) is 6.04 Å². The molecule has 3 atom stereocenters. The van der Waals surface area contributed by atoms with Crippen molar-refractivity contribution in [3.05, 3.63) is 0 Å². The van der Waals surface area contributed by atoms with Crippen LogP contribution in [0.5, 0.6) is 0 Å². The van der Waals surface area contributed by atoms with Crippen molar-refractivity contribution in [2.75, 3.05) is 13.2 Å². The van der Waals surface area contributed by atoms with Crippen molar-refractivity contribution in [3.8, 4) is 0 Å². The number of ether oxygens (including phenoxy) is 1. The Morgan fingerprint density at radius 1 is 1.44 bits per heavy atom. The van der Waals surface area contributed by atoms with E-state index in [1.807, 2.05) is 4.90 Å². The molecule has 0 bridgehead atoms. The van der Waals surface area contributed by atoms with Gasteiger partial charge in [0.1, 0.15) is 6.61 Å². The van der Waals surface area contributed by atoms with Crippen molar-refractivity contribution >= 4 is 6.09 Å². The number of hydrogen-bond acceptors (Lipinski definition) is 3. The lowest BCUT2D eigenvalue weighted by Gasteiger charge is -2.46. The minimum Gasteiger partial charge on any atom is -0.448 e. The highest BCUT2D eigenvalue weighted by Gasteiger charge is 2.44. The lowest BCUT2D eigenvalue weighted by atomic mass is 9.66. The monoisotopic (exact) mass is 255 g/mol. The number of cyclic esters (lactones) is 1. The molecular formula is C14H25NO3. The van der Waals surface area contributed by atoms with Crippen molar-refractivity contribution < 1.29 is 14.6 Å². The molecule has 2 fully saturated rings. The Labute approximate surface area is 109 Å². The fraction of sp³-hybridized carbons (Fsp3) is 0.929. The van der Waals surface area contributed by atoms with Gasteiger partial charge in [-0.15, -0.1) is 0 Å². The van der Waals surface area contributed by atoms with Crippen molar-refractivity contribution in [3.63, 3.8) is 0 Å². The topological polar surface area (TPSA) is 49.8 Å². The molecule has 1 saturated heterocycles. The zero-order valence-corrected chi connectivity index (χ0v) is 11.7. The number of aliphatic hydroxyl groups is 1. The molecule has 18 heavy (non-hydrogen) atoms. The minimum atomic E-state index is -0.271. The quantitative estimate of drug-likeness (QED) is 0.842. The van der Waals surface area contributed by atoms with Gasteiger partial charge in [-0.25, -0.2) is 4.79 Å². The molecule has 0 aromatic carbocycles. The molecule has 0 spiro atoms. The largest absolute Gasteiger partial charge is 0.448 e. The second kappa shape index (κ2) is 5.08. The molecule has 4 heteroatoms. The van der Waals surface area contributed by atoms with Gasteiger partial charge in [-0.1, -0.05) is 27.2 Å². The summed E-state index contributed by atoms with van der Waals surface area (Å²) in [6.45, 7) is 7.90. The van der Waals surface area contributed by atoms with Gasteiger partial charge >= 0.3 is 6.09 Å². The molecule has 1 N–H and O–H groups in total. The third-order valence-electron chi connectivity index (χ3n) is 4.90. The third-order valence-corrected chi connectivity index (χ3v) is 4.90. The molecule has 1 amide bonds. The fourth-order valence-corrected chi connectivity index (χ4v) is 3.35. The average molecular weight is 255 g/mol. The number of carbonyl (C=O) groups is 1. The normalized spacial score (nSPS) is 33.7. The summed E-state index contributed by atoms with van der Waals surface area (Å²) in [7, 11) is 0. The molecule has 0 aromatic heterocycles. The highest BCUT2D eigenvalue weighted by Crippen LogP contribution is 2.43. The lowest BCUT2D eigenvalue weighted by molar-refractivity contribution is -0.000143. The summed E-state index contributed by atoms with van der Waals surface area (Å²) in [4.78, 5) is 13.6. The molecule has 1 saturated carbocycles. The minimum absolute atomic E-state index is 0.138. The fourth-order valence-electron chi connectivity index (χ4n) is 3.35. The zero-order chi connectivity index (χ0) is 13.3. The molecule has 2 aliphatic rings. The van der Waals surface area contributed by atoms with E-state index >= 15 is 0 Å². The van der Waals surface area contributed by atoms with Gasteiger partial charge in [0.15, 0.2) is 0 Å². The van der Waals surface area contributed by atoms with Crippen molar-refractivity contribution in [1.82, 2.24) is 4.90 Å². The van der Waals surface area contributed by atoms with Gasteiger partial charge < -0.3 is 14.7 Å². The Morgan fingerprint density at radius 3 is 2.72 bits per heavy atom. The van der Waals surface area contributed by atoms with E-state index in [0.29, 0.717) is 25.5 Å². The molecule has 1 heterocycles. The Hall–Kier alpha value is -0.770. The lowest BCUT2D eigenvalue weighted by Crippen LogP contribution is -2.50. The Morgan fingerprint density at radius 2 is 2.17 bits per heavy atom. The van der Waals surface area contributed by atoms with Gasteiger partial charge in [0.2, 0.25) is 0 Å². The predicted octanol–water partition coefficient (Wildman–Crippen LogP) is 2.40. The molecule has 0 radical (unpaired) electrons. The highest BCUT2D eigenvalue weighted by atomic mass is 16.6. The maximum absolute atomic E-state index is 11.8. The van der Waals surface area contributed by atoms with E-state index in [0.717, 1.165) is 19.3 Å². The summed E-state index contributed by atoms with van der Waals surface area (Å²) in [5, 5.41) is 9.90. The van der Waals surface area contributed by atoms with E-state index in [9.17, 15) is 9.90 Å². The first-order valence-electron chi connectivity index (χ1n) is 7.07. The highest BCUT2D eigenvalue weighted by molar-refractivity contribution is 5.69. The number of rotatable bonds is 3. The Kier molecular flexibility index (Phi) is 3.85. The second-order valence-electron chi connectivity index (χ2n) is 6.29. The van der Waals surface area contributed by atoms with E-state index in [4.69, 9.17) is 4.74 Å². The first kappa shape index (κ1) is 13.7. The van der Waals surface area contributed by atoms with E-state index in [1.54, 1.807) is 0 Å². The first-order valence-corrected chi connectivity index (χ1v) is 7.07. The van der Waals surface area contributed by atoms with Gasteiger partial charge in [-0.3, -0.25) is 0 Å². The summed E-state index contributed by atoms with van der Waals surface area (Å²) in [5.74, 6) is 0.455. The zero-order valence-electron chi connectivity index (χ0n) is 11.7. The molecule has 2 rings (SSSR count). The van der Waals surface area contributed by atoms with Crippen LogP contribution in [-0.4, -0.2) is 41.4 Å². The summed E-state index contributed by atoms with van der Waals surface area (Å²) >= 11 is 0. The van der Waals surface area contributed by atoms with E-state index in [-0.39, 0.29) is 23.7 Å². The van der Waals surface area contributed by atoms with Crippen LogP contribution >= 0.6 is 0 Å². The Bertz CT molecular complexity index is 316. The molecule has 3 unspecified atom stereocenters. The second-order valence-corrected chi connectivity index (χ2v) is 6.29. The van der Waals surface area contributed by atoms with Crippen LogP contribution in [0.25, 0.3) is 0 Å². The van der Waals surface area contributed by atoms with Crippen molar-refractivity contribution in [2.45, 2.75) is 58.6 Å².